The summed E-state index contributed by atoms with van der Waals surface area (Å²) >= 11 is 0. The highest BCUT2D eigenvalue weighted by Gasteiger charge is 2.38. The molecule has 0 bridgehead atoms. The van der Waals surface area contributed by atoms with E-state index in [0.717, 1.165) is 0 Å². The molecule has 3 heteroatoms. The molecule has 2 fully saturated rings. The van der Waals surface area contributed by atoms with Crippen LogP contribution in [0.15, 0.2) is 12.7 Å². The molecule has 0 aromatic heterocycles. The molecule has 0 unspecified atom stereocenters. The SMILES string of the molecule is C=C[C@H]1NC(=O)O[C@H]1C1CCCCC1. The molecule has 2 rings (SSSR count). The van der Waals surface area contributed by atoms with Crippen molar-refractivity contribution in [1.82, 2.24) is 5.32 Å². The fraction of sp³-hybridized carbons (Fsp3) is 0.727. The summed E-state index contributed by atoms with van der Waals surface area (Å²) in [6.07, 6.45) is 7.75. The van der Waals surface area contributed by atoms with Crippen LogP contribution in [0.2, 0.25) is 0 Å². The van der Waals surface area contributed by atoms with Crippen LogP contribution in [0.1, 0.15) is 32.1 Å². The summed E-state index contributed by atoms with van der Waals surface area (Å²) in [5, 5.41) is 2.77. The minimum absolute atomic E-state index is 0.0191. The summed E-state index contributed by atoms with van der Waals surface area (Å²) in [6.45, 7) is 3.73. The van der Waals surface area contributed by atoms with E-state index in [1.807, 2.05) is 0 Å². The van der Waals surface area contributed by atoms with Gasteiger partial charge in [0.2, 0.25) is 0 Å². The van der Waals surface area contributed by atoms with Crippen molar-refractivity contribution in [2.75, 3.05) is 0 Å². The van der Waals surface area contributed by atoms with Crippen LogP contribution in [0, 0.1) is 5.92 Å². The molecule has 78 valence electrons. The third-order valence-corrected chi connectivity index (χ3v) is 3.25. The fourth-order valence-electron chi connectivity index (χ4n) is 2.49. The number of hydrogen-bond donors (Lipinski definition) is 1. The normalized spacial score (nSPS) is 33.6. The second-order valence-electron chi connectivity index (χ2n) is 4.17. The first-order valence-electron chi connectivity index (χ1n) is 5.41. The van der Waals surface area contributed by atoms with Crippen LogP contribution in [-0.2, 0) is 4.74 Å². The highest BCUT2D eigenvalue weighted by molar-refractivity contribution is 5.70. The molecule has 2 aliphatic rings. The van der Waals surface area contributed by atoms with Gasteiger partial charge in [0.05, 0.1) is 6.04 Å². The smallest absolute Gasteiger partial charge is 0.408 e. The summed E-state index contributed by atoms with van der Waals surface area (Å²) in [5.74, 6) is 0.533. The number of ether oxygens (including phenoxy) is 1. The standard InChI is InChI=1S/C11H17NO2/c1-2-9-10(14-11(13)12-9)8-6-4-3-5-7-8/h2,8-10H,1,3-7H2,(H,12,13)/t9-,10+/m1/s1. The first kappa shape index (κ1) is 9.56. The lowest BCUT2D eigenvalue weighted by Crippen LogP contribution is -2.35. The van der Waals surface area contributed by atoms with Gasteiger partial charge in [-0.3, -0.25) is 0 Å². The highest BCUT2D eigenvalue weighted by atomic mass is 16.6. The molecule has 1 aliphatic heterocycles. The number of hydrogen-bond acceptors (Lipinski definition) is 2. The predicted octanol–water partition coefficient (Wildman–Crippen LogP) is 2.23. The average molecular weight is 195 g/mol. The molecule has 2 atom stereocenters. The summed E-state index contributed by atoms with van der Waals surface area (Å²) in [7, 11) is 0. The zero-order valence-corrected chi connectivity index (χ0v) is 8.37. The Hall–Kier alpha value is -0.990. The van der Waals surface area contributed by atoms with E-state index in [0.29, 0.717) is 5.92 Å². The van der Waals surface area contributed by atoms with Crippen LogP contribution in [-0.4, -0.2) is 18.2 Å². The van der Waals surface area contributed by atoms with Crippen molar-refractivity contribution in [3.8, 4) is 0 Å². The summed E-state index contributed by atoms with van der Waals surface area (Å²) < 4.78 is 5.28. The van der Waals surface area contributed by atoms with Gasteiger partial charge in [0.25, 0.3) is 0 Å². The molecular weight excluding hydrogens is 178 g/mol. The Labute approximate surface area is 84.5 Å². The van der Waals surface area contributed by atoms with Crippen molar-refractivity contribution in [3.05, 3.63) is 12.7 Å². The summed E-state index contributed by atoms with van der Waals surface area (Å²) in [4.78, 5) is 11.1. The first-order valence-corrected chi connectivity index (χ1v) is 5.41. The van der Waals surface area contributed by atoms with E-state index >= 15 is 0 Å². The summed E-state index contributed by atoms with van der Waals surface area (Å²) in [5.41, 5.74) is 0. The maximum atomic E-state index is 11.1. The summed E-state index contributed by atoms with van der Waals surface area (Å²) in [6, 6.07) is 0.0191. The molecule has 1 saturated heterocycles. The van der Waals surface area contributed by atoms with Crippen molar-refractivity contribution < 1.29 is 9.53 Å². The van der Waals surface area contributed by atoms with Gasteiger partial charge in [0.1, 0.15) is 6.10 Å². The molecule has 1 aliphatic carbocycles. The van der Waals surface area contributed by atoms with Crippen LogP contribution in [0.3, 0.4) is 0 Å². The van der Waals surface area contributed by atoms with Crippen LogP contribution < -0.4 is 5.32 Å². The largest absolute Gasteiger partial charge is 0.443 e. The van der Waals surface area contributed by atoms with Gasteiger partial charge in [0, 0.05) is 0 Å². The Morgan fingerprint density at radius 1 is 1.36 bits per heavy atom. The second kappa shape index (κ2) is 4.03. The monoisotopic (exact) mass is 195 g/mol. The van der Waals surface area contributed by atoms with Crippen LogP contribution >= 0.6 is 0 Å². The molecule has 0 aromatic rings. The van der Waals surface area contributed by atoms with E-state index in [2.05, 4.69) is 11.9 Å². The zero-order valence-electron chi connectivity index (χ0n) is 8.37. The Kier molecular flexibility index (Phi) is 2.75. The van der Waals surface area contributed by atoms with E-state index in [1.165, 1.54) is 32.1 Å². The number of carbonyl (C=O) groups is 1. The van der Waals surface area contributed by atoms with Gasteiger partial charge < -0.3 is 10.1 Å². The average Bonchev–Trinajstić information content (AvgIpc) is 2.61. The molecule has 1 heterocycles. The van der Waals surface area contributed by atoms with Gasteiger partial charge in [-0.1, -0.05) is 25.3 Å². The number of nitrogens with one attached hydrogen (secondary N) is 1. The minimum Gasteiger partial charge on any atom is -0.443 e. The lowest BCUT2D eigenvalue weighted by molar-refractivity contribution is 0.0804. The van der Waals surface area contributed by atoms with E-state index in [4.69, 9.17) is 4.74 Å². The number of cyclic esters (lactones) is 1. The van der Waals surface area contributed by atoms with Crippen molar-refractivity contribution in [3.63, 3.8) is 0 Å². The topological polar surface area (TPSA) is 38.3 Å². The van der Waals surface area contributed by atoms with E-state index in [9.17, 15) is 4.79 Å². The number of alkyl carbamates (subject to hydrolysis) is 1. The minimum atomic E-state index is -0.287. The number of carbonyl (C=O) groups excluding carboxylic acids is 1. The van der Waals surface area contributed by atoms with Gasteiger partial charge in [0.15, 0.2) is 0 Å². The molecule has 14 heavy (non-hydrogen) atoms. The molecule has 3 nitrogen and oxygen atoms in total. The molecule has 1 amide bonds. The third-order valence-electron chi connectivity index (χ3n) is 3.25. The predicted molar refractivity (Wildman–Crippen MR) is 54.0 cm³/mol. The van der Waals surface area contributed by atoms with Gasteiger partial charge in [-0.2, -0.15) is 0 Å². The van der Waals surface area contributed by atoms with Crippen LogP contribution in [0.25, 0.3) is 0 Å². The molecule has 0 radical (unpaired) electrons. The second-order valence-corrected chi connectivity index (χ2v) is 4.17. The van der Waals surface area contributed by atoms with Gasteiger partial charge in [-0.15, -0.1) is 6.58 Å². The lowest BCUT2D eigenvalue weighted by atomic mass is 9.83. The van der Waals surface area contributed by atoms with Crippen molar-refractivity contribution in [2.24, 2.45) is 5.92 Å². The van der Waals surface area contributed by atoms with Crippen LogP contribution in [0.5, 0.6) is 0 Å². The van der Waals surface area contributed by atoms with Gasteiger partial charge in [-0.05, 0) is 18.8 Å². The first-order chi connectivity index (χ1) is 6.81. The molecule has 0 spiro atoms. The third kappa shape index (κ3) is 1.76. The van der Waals surface area contributed by atoms with Crippen molar-refractivity contribution >= 4 is 6.09 Å². The Morgan fingerprint density at radius 3 is 2.71 bits per heavy atom. The molecular formula is C11H17NO2. The van der Waals surface area contributed by atoms with Crippen molar-refractivity contribution in [2.45, 2.75) is 44.2 Å². The number of rotatable bonds is 2. The van der Waals surface area contributed by atoms with Gasteiger partial charge in [-0.25, -0.2) is 4.79 Å². The molecule has 0 aromatic carbocycles. The maximum Gasteiger partial charge on any atom is 0.408 e. The van der Waals surface area contributed by atoms with E-state index in [-0.39, 0.29) is 18.2 Å². The fourth-order valence-corrected chi connectivity index (χ4v) is 2.49. The Balaban J connectivity index is 2.00. The van der Waals surface area contributed by atoms with Crippen molar-refractivity contribution in [1.29, 1.82) is 0 Å². The zero-order chi connectivity index (χ0) is 9.97. The molecule has 1 saturated carbocycles. The van der Waals surface area contributed by atoms with E-state index in [1.54, 1.807) is 6.08 Å². The van der Waals surface area contributed by atoms with E-state index < -0.39 is 0 Å². The van der Waals surface area contributed by atoms with Crippen LogP contribution in [0.4, 0.5) is 4.79 Å². The van der Waals surface area contributed by atoms with Gasteiger partial charge >= 0.3 is 6.09 Å². The highest BCUT2D eigenvalue weighted by Crippen LogP contribution is 2.31. The number of amides is 1. The Morgan fingerprint density at radius 2 is 2.07 bits per heavy atom. The molecule has 1 N–H and O–H groups in total. The quantitative estimate of drug-likeness (QED) is 0.686. The lowest BCUT2D eigenvalue weighted by Gasteiger charge is -2.27. The Bertz CT molecular complexity index is 233. The maximum absolute atomic E-state index is 11.1.